The zero-order valence-electron chi connectivity index (χ0n) is 12.2. The maximum atomic E-state index is 11.3. The average molecular weight is 497 g/mol. The van der Waals surface area contributed by atoms with Crippen molar-refractivity contribution in [3.05, 3.63) is 88.6 Å². The highest BCUT2D eigenvalue weighted by molar-refractivity contribution is 5.76. The summed E-state index contributed by atoms with van der Waals surface area (Å²) in [5, 5.41) is 1.81. The number of benzene rings is 2. The molecule has 0 N–H and O–H groups in total. The second kappa shape index (κ2) is 6.90. The summed E-state index contributed by atoms with van der Waals surface area (Å²) in [6, 6.07) is 18.2. The molecule has 0 atom stereocenters. The van der Waals surface area contributed by atoms with Gasteiger partial charge in [0.2, 0.25) is 0 Å². The molecular formula is C18H10BrIO4. The van der Waals surface area contributed by atoms with Crippen LogP contribution in [0.3, 0.4) is 0 Å². The quantitative estimate of drug-likeness (QED) is 0.220. The third kappa shape index (κ3) is 3.44. The number of hydrogen-bond acceptors (Lipinski definition) is 4. The van der Waals surface area contributed by atoms with Crippen LogP contribution in [0.1, 0.15) is 0 Å². The Morgan fingerprint density at radius 2 is 1.04 bits per heavy atom. The van der Waals surface area contributed by atoms with Crippen LogP contribution in [0.5, 0.6) is 0 Å². The number of hydrogen-bond donors (Lipinski definition) is 0. The Morgan fingerprint density at radius 3 is 1.50 bits per heavy atom. The lowest BCUT2D eigenvalue weighted by Crippen LogP contribution is -3.61. The molecular weight excluding hydrogens is 487 g/mol. The van der Waals surface area contributed by atoms with E-state index in [4.69, 9.17) is 8.83 Å². The highest BCUT2D eigenvalue weighted by Crippen LogP contribution is 2.11. The third-order valence-electron chi connectivity index (χ3n) is 3.39. The Bertz CT molecular complexity index is 1060. The van der Waals surface area contributed by atoms with E-state index in [1.165, 1.54) is 12.1 Å². The van der Waals surface area contributed by atoms with E-state index >= 15 is 0 Å². The molecule has 120 valence electrons. The standard InChI is InChI=1S/C18H10IO4.BrH/c20-17-7-3-11-1-5-13(9-15(11)22-17)19-14-6-2-12-4-8-18(21)23-16(12)10-14;/h1-10H;1H/q+1;/p-1. The fourth-order valence-electron chi connectivity index (χ4n) is 2.31. The summed E-state index contributed by atoms with van der Waals surface area (Å²) in [6.07, 6.45) is 0. The van der Waals surface area contributed by atoms with Crippen molar-refractivity contribution in [2.75, 3.05) is 0 Å². The summed E-state index contributed by atoms with van der Waals surface area (Å²) in [5.74, 6) is 0. The largest absolute Gasteiger partial charge is 1.00 e. The minimum absolute atomic E-state index is 0. The van der Waals surface area contributed by atoms with Crippen molar-refractivity contribution >= 4 is 21.9 Å². The zero-order chi connectivity index (χ0) is 15.8. The maximum absolute atomic E-state index is 11.3. The second-order valence-corrected chi connectivity index (χ2v) is 8.00. The van der Waals surface area contributed by atoms with Crippen LogP contribution in [-0.4, -0.2) is 0 Å². The van der Waals surface area contributed by atoms with E-state index in [2.05, 4.69) is 0 Å². The van der Waals surface area contributed by atoms with Crippen LogP contribution in [0.4, 0.5) is 0 Å². The number of fused-ring (bicyclic) bond motifs is 2. The van der Waals surface area contributed by atoms with Gasteiger partial charge in [-0.1, -0.05) is 0 Å². The normalized spacial score (nSPS) is 10.7. The Balaban J connectivity index is 0.00000169. The van der Waals surface area contributed by atoms with Gasteiger partial charge < -0.3 is 25.8 Å². The van der Waals surface area contributed by atoms with Gasteiger partial charge in [0.15, 0.2) is 7.14 Å². The molecule has 0 unspecified atom stereocenters. The van der Waals surface area contributed by atoms with Crippen LogP contribution < -0.4 is 49.4 Å². The summed E-state index contributed by atoms with van der Waals surface area (Å²) in [5.41, 5.74) is 0.504. The average Bonchev–Trinajstić information content (AvgIpc) is 2.54. The van der Waals surface area contributed by atoms with Crippen LogP contribution in [0.2, 0.25) is 0 Å². The first-order chi connectivity index (χ1) is 11.2. The number of halogens is 2. The SMILES string of the molecule is O=c1ccc2ccc([I+]c3ccc4ccc(=O)oc4c3)cc2o1.[Br-]. The van der Waals surface area contributed by atoms with Gasteiger partial charge in [0.25, 0.3) is 0 Å². The Kier molecular flexibility index (Phi) is 4.86. The molecule has 0 radical (unpaired) electrons. The van der Waals surface area contributed by atoms with Crippen molar-refractivity contribution in [2.24, 2.45) is 0 Å². The first-order valence-electron chi connectivity index (χ1n) is 6.90. The van der Waals surface area contributed by atoms with E-state index in [9.17, 15) is 9.59 Å². The van der Waals surface area contributed by atoms with E-state index in [1.54, 1.807) is 12.1 Å². The smallest absolute Gasteiger partial charge is 0.358 e. The topological polar surface area (TPSA) is 60.4 Å². The fraction of sp³-hybridized carbons (Fsp3) is 0. The van der Waals surface area contributed by atoms with E-state index in [-0.39, 0.29) is 28.2 Å². The third-order valence-corrected chi connectivity index (χ3v) is 5.98. The zero-order valence-corrected chi connectivity index (χ0v) is 15.9. The highest BCUT2D eigenvalue weighted by Gasteiger charge is 2.17. The summed E-state index contributed by atoms with van der Waals surface area (Å²) in [7, 11) is 0. The molecule has 24 heavy (non-hydrogen) atoms. The Morgan fingerprint density at radius 1 is 0.625 bits per heavy atom. The molecule has 4 nitrogen and oxygen atoms in total. The monoisotopic (exact) mass is 496 g/mol. The maximum Gasteiger partial charge on any atom is 0.358 e. The van der Waals surface area contributed by atoms with Crippen molar-refractivity contribution in [2.45, 2.75) is 0 Å². The molecule has 4 rings (SSSR count). The van der Waals surface area contributed by atoms with Crippen LogP contribution in [0.15, 0.2) is 79.1 Å². The van der Waals surface area contributed by atoms with Gasteiger partial charge in [0, 0.05) is 35.0 Å². The highest BCUT2D eigenvalue weighted by atomic mass is 127. The molecule has 2 aromatic heterocycles. The molecule has 0 aliphatic heterocycles. The minimum atomic E-state index is -0.465. The molecule has 0 saturated carbocycles. The fourth-order valence-corrected chi connectivity index (χ4v) is 4.63. The molecule has 0 spiro atoms. The van der Waals surface area contributed by atoms with Crippen LogP contribution in [-0.2, 0) is 0 Å². The van der Waals surface area contributed by atoms with Crippen molar-refractivity contribution < 1.29 is 47.0 Å². The number of rotatable bonds is 2. The van der Waals surface area contributed by atoms with Crippen LogP contribution in [0.25, 0.3) is 21.9 Å². The van der Waals surface area contributed by atoms with Crippen molar-refractivity contribution in [3.8, 4) is 0 Å². The minimum Gasteiger partial charge on any atom is -1.00 e. The predicted octanol–water partition coefficient (Wildman–Crippen LogP) is -2.97. The summed E-state index contributed by atoms with van der Waals surface area (Å²) >= 11 is -0.465. The van der Waals surface area contributed by atoms with Crippen LogP contribution >= 0.6 is 0 Å². The van der Waals surface area contributed by atoms with E-state index in [1.807, 2.05) is 36.4 Å². The Hall–Kier alpha value is -1.93. The molecule has 2 aromatic carbocycles. The van der Waals surface area contributed by atoms with Gasteiger partial charge >= 0.3 is 32.5 Å². The molecule has 0 saturated heterocycles. The van der Waals surface area contributed by atoms with Crippen LogP contribution in [0, 0.1) is 7.14 Å². The van der Waals surface area contributed by atoms with Crippen molar-refractivity contribution in [1.82, 2.24) is 0 Å². The molecule has 0 aliphatic carbocycles. The van der Waals surface area contributed by atoms with Crippen molar-refractivity contribution in [1.29, 1.82) is 0 Å². The van der Waals surface area contributed by atoms with Gasteiger partial charge in [-0.05, 0) is 36.4 Å². The molecule has 4 aromatic rings. The van der Waals surface area contributed by atoms with Gasteiger partial charge in [0.05, 0.1) is 0 Å². The molecule has 0 bridgehead atoms. The summed E-state index contributed by atoms with van der Waals surface area (Å²) in [4.78, 5) is 22.7. The second-order valence-electron chi connectivity index (χ2n) is 4.97. The van der Waals surface area contributed by atoms with Gasteiger partial charge in [-0.2, -0.15) is 0 Å². The lowest BCUT2D eigenvalue weighted by molar-refractivity contribution is -0.597. The summed E-state index contributed by atoms with van der Waals surface area (Å²) in [6.45, 7) is 0. The van der Waals surface area contributed by atoms with E-state index < -0.39 is 21.2 Å². The predicted molar refractivity (Wildman–Crippen MR) is 82.4 cm³/mol. The Labute approximate surface area is 157 Å². The molecule has 6 heteroatoms. The van der Waals surface area contributed by atoms with Crippen molar-refractivity contribution in [3.63, 3.8) is 0 Å². The van der Waals surface area contributed by atoms with Gasteiger partial charge in [-0.3, -0.25) is 0 Å². The van der Waals surface area contributed by atoms with E-state index in [0.717, 1.165) is 17.9 Å². The molecule has 2 heterocycles. The lowest BCUT2D eigenvalue weighted by Gasteiger charge is -1.95. The van der Waals surface area contributed by atoms with Gasteiger partial charge in [-0.25, -0.2) is 9.59 Å². The first kappa shape index (κ1) is 16.9. The molecule has 0 fully saturated rings. The lowest BCUT2D eigenvalue weighted by atomic mass is 10.2. The summed E-state index contributed by atoms with van der Waals surface area (Å²) < 4.78 is 12.7. The molecule has 0 amide bonds. The molecule has 0 aliphatic rings. The van der Waals surface area contributed by atoms with Gasteiger partial charge in [0.1, 0.15) is 11.2 Å². The van der Waals surface area contributed by atoms with E-state index in [0.29, 0.717) is 11.2 Å². The first-order valence-corrected chi connectivity index (χ1v) is 9.06. The van der Waals surface area contributed by atoms with Gasteiger partial charge in [-0.15, -0.1) is 0 Å².